The Morgan fingerprint density at radius 2 is 1.62 bits per heavy atom. The van der Waals surface area contributed by atoms with Crippen LogP contribution in [-0.2, 0) is 12.8 Å². The van der Waals surface area contributed by atoms with Crippen LogP contribution in [0.3, 0.4) is 0 Å². The summed E-state index contributed by atoms with van der Waals surface area (Å²) in [5.74, 6) is 0. The summed E-state index contributed by atoms with van der Waals surface area (Å²) in [4.78, 5) is 0. The lowest BCUT2D eigenvalue weighted by atomic mass is 9.99. The van der Waals surface area contributed by atoms with Crippen LogP contribution >= 0.6 is 0 Å². The van der Waals surface area contributed by atoms with Crippen LogP contribution in [0.5, 0.6) is 0 Å². The van der Waals surface area contributed by atoms with Crippen LogP contribution < -0.4 is 5.32 Å². The molecule has 0 atom stereocenters. The summed E-state index contributed by atoms with van der Waals surface area (Å²) in [6, 6.07) is 8.85. The molecule has 0 aromatic heterocycles. The predicted octanol–water partition coefficient (Wildman–Crippen LogP) is 3.57. The highest BCUT2D eigenvalue weighted by atomic mass is 14.8. The van der Waals surface area contributed by atoms with E-state index < -0.39 is 0 Å². The maximum Gasteiger partial charge on any atom is -0.00519 e. The van der Waals surface area contributed by atoms with Crippen molar-refractivity contribution in [2.75, 3.05) is 13.6 Å². The molecule has 0 amide bonds. The van der Waals surface area contributed by atoms with Crippen LogP contribution in [-0.4, -0.2) is 13.6 Å². The predicted molar refractivity (Wildman–Crippen MR) is 71.9 cm³/mol. The van der Waals surface area contributed by atoms with E-state index in [9.17, 15) is 0 Å². The van der Waals surface area contributed by atoms with Crippen molar-refractivity contribution in [1.29, 1.82) is 0 Å². The number of hydrogen-bond donors (Lipinski definition) is 1. The number of hydrogen-bond acceptors (Lipinski definition) is 1. The van der Waals surface area contributed by atoms with Crippen molar-refractivity contribution >= 4 is 0 Å². The molecule has 0 aliphatic heterocycles. The first-order chi connectivity index (χ1) is 7.88. The second-order valence-corrected chi connectivity index (χ2v) is 4.39. The molecular weight excluding hydrogens is 194 g/mol. The van der Waals surface area contributed by atoms with Crippen molar-refractivity contribution in [2.45, 2.75) is 45.4 Å². The Bertz CT molecular complexity index is 281. The number of aryl methyl sites for hydroxylation is 2. The minimum absolute atomic E-state index is 1.16. The van der Waals surface area contributed by atoms with E-state index in [1.54, 1.807) is 5.56 Å². The molecule has 0 aliphatic rings. The van der Waals surface area contributed by atoms with Crippen LogP contribution in [0.2, 0.25) is 0 Å². The molecule has 90 valence electrons. The van der Waals surface area contributed by atoms with E-state index in [0.29, 0.717) is 0 Å². The fraction of sp³-hybridized carbons (Fsp3) is 0.600. The number of unbranched alkanes of at least 4 members (excludes halogenated alkanes) is 3. The molecule has 1 heteroatoms. The Labute approximate surface area is 100 Å². The molecule has 0 spiro atoms. The zero-order valence-corrected chi connectivity index (χ0v) is 10.8. The molecular formula is C15H25N. The van der Waals surface area contributed by atoms with Gasteiger partial charge >= 0.3 is 0 Å². The van der Waals surface area contributed by atoms with Gasteiger partial charge in [-0.3, -0.25) is 0 Å². The van der Waals surface area contributed by atoms with E-state index in [2.05, 4.69) is 36.5 Å². The maximum atomic E-state index is 3.19. The van der Waals surface area contributed by atoms with Crippen molar-refractivity contribution in [3.63, 3.8) is 0 Å². The van der Waals surface area contributed by atoms with Crippen LogP contribution in [0.1, 0.15) is 43.7 Å². The highest BCUT2D eigenvalue weighted by molar-refractivity contribution is 5.26. The van der Waals surface area contributed by atoms with Gasteiger partial charge in [0.1, 0.15) is 0 Å². The zero-order valence-electron chi connectivity index (χ0n) is 10.8. The first kappa shape index (κ1) is 13.2. The molecule has 0 aliphatic carbocycles. The average Bonchev–Trinajstić information content (AvgIpc) is 2.34. The largest absolute Gasteiger partial charge is 0.320 e. The van der Waals surface area contributed by atoms with Crippen molar-refractivity contribution in [3.05, 3.63) is 35.4 Å². The van der Waals surface area contributed by atoms with Gasteiger partial charge in [-0.05, 0) is 50.4 Å². The van der Waals surface area contributed by atoms with E-state index in [1.165, 1.54) is 37.7 Å². The van der Waals surface area contributed by atoms with Crippen molar-refractivity contribution < 1.29 is 0 Å². The Morgan fingerprint density at radius 1 is 0.938 bits per heavy atom. The molecule has 1 N–H and O–H groups in total. The SMILES string of the molecule is CCc1ccccc1CCCCCCNC. The quantitative estimate of drug-likeness (QED) is 0.659. The van der Waals surface area contributed by atoms with Crippen molar-refractivity contribution in [3.8, 4) is 0 Å². The summed E-state index contributed by atoms with van der Waals surface area (Å²) in [7, 11) is 2.03. The molecule has 0 bridgehead atoms. The smallest absolute Gasteiger partial charge is 0.00519 e. The van der Waals surface area contributed by atoms with E-state index in [-0.39, 0.29) is 0 Å². The first-order valence-corrected chi connectivity index (χ1v) is 6.60. The van der Waals surface area contributed by atoms with Gasteiger partial charge < -0.3 is 5.32 Å². The monoisotopic (exact) mass is 219 g/mol. The normalized spacial score (nSPS) is 10.6. The van der Waals surface area contributed by atoms with Crippen LogP contribution in [0, 0.1) is 0 Å². The summed E-state index contributed by atoms with van der Waals surface area (Å²) >= 11 is 0. The van der Waals surface area contributed by atoms with Gasteiger partial charge in [0.25, 0.3) is 0 Å². The van der Waals surface area contributed by atoms with Gasteiger partial charge in [0, 0.05) is 0 Å². The summed E-state index contributed by atoms with van der Waals surface area (Å²) in [6.07, 6.45) is 7.78. The molecule has 1 aromatic carbocycles. The van der Waals surface area contributed by atoms with E-state index in [0.717, 1.165) is 13.0 Å². The third-order valence-electron chi connectivity index (χ3n) is 3.12. The standard InChI is InChI=1S/C15H25N/c1-3-14-10-7-8-12-15(14)11-6-4-5-9-13-16-2/h7-8,10,12,16H,3-6,9,11,13H2,1-2H3. The topological polar surface area (TPSA) is 12.0 Å². The lowest BCUT2D eigenvalue weighted by molar-refractivity contribution is 0.615. The van der Waals surface area contributed by atoms with Gasteiger partial charge in [-0.1, -0.05) is 44.0 Å². The van der Waals surface area contributed by atoms with E-state index >= 15 is 0 Å². The molecule has 0 saturated carbocycles. The van der Waals surface area contributed by atoms with Crippen molar-refractivity contribution in [1.82, 2.24) is 5.32 Å². The van der Waals surface area contributed by atoms with Gasteiger partial charge in [0.05, 0.1) is 0 Å². The molecule has 1 aromatic rings. The summed E-state index contributed by atoms with van der Waals surface area (Å²) in [6.45, 7) is 3.40. The lowest BCUT2D eigenvalue weighted by Gasteiger charge is -2.07. The number of rotatable bonds is 8. The Kier molecular flexibility index (Phi) is 6.91. The highest BCUT2D eigenvalue weighted by Crippen LogP contribution is 2.13. The third kappa shape index (κ3) is 4.80. The highest BCUT2D eigenvalue weighted by Gasteiger charge is 1.99. The number of nitrogens with one attached hydrogen (secondary N) is 1. The van der Waals surface area contributed by atoms with Crippen LogP contribution in [0.15, 0.2) is 24.3 Å². The lowest BCUT2D eigenvalue weighted by Crippen LogP contribution is -2.06. The minimum Gasteiger partial charge on any atom is -0.320 e. The second kappa shape index (κ2) is 8.35. The molecule has 16 heavy (non-hydrogen) atoms. The van der Waals surface area contributed by atoms with E-state index in [1.807, 2.05) is 7.05 Å². The van der Waals surface area contributed by atoms with Gasteiger partial charge in [-0.15, -0.1) is 0 Å². The fourth-order valence-electron chi connectivity index (χ4n) is 2.12. The minimum atomic E-state index is 1.16. The molecule has 0 fully saturated rings. The van der Waals surface area contributed by atoms with Crippen molar-refractivity contribution in [2.24, 2.45) is 0 Å². The Balaban J connectivity index is 2.21. The summed E-state index contributed by atoms with van der Waals surface area (Å²) in [5, 5.41) is 3.19. The molecule has 0 heterocycles. The molecule has 1 rings (SSSR count). The zero-order chi connectivity index (χ0) is 11.6. The number of benzene rings is 1. The summed E-state index contributed by atoms with van der Waals surface area (Å²) in [5.41, 5.74) is 3.08. The van der Waals surface area contributed by atoms with Gasteiger partial charge in [-0.25, -0.2) is 0 Å². The van der Waals surface area contributed by atoms with Gasteiger partial charge in [0.2, 0.25) is 0 Å². The fourth-order valence-corrected chi connectivity index (χ4v) is 2.12. The van der Waals surface area contributed by atoms with E-state index in [4.69, 9.17) is 0 Å². The molecule has 0 radical (unpaired) electrons. The maximum absolute atomic E-state index is 3.19. The third-order valence-corrected chi connectivity index (χ3v) is 3.12. The first-order valence-electron chi connectivity index (χ1n) is 6.60. The molecule has 0 saturated heterocycles. The van der Waals surface area contributed by atoms with Crippen LogP contribution in [0.4, 0.5) is 0 Å². The average molecular weight is 219 g/mol. The Hall–Kier alpha value is -0.820. The second-order valence-electron chi connectivity index (χ2n) is 4.39. The van der Waals surface area contributed by atoms with Crippen LogP contribution in [0.25, 0.3) is 0 Å². The molecule has 0 unspecified atom stereocenters. The van der Waals surface area contributed by atoms with Gasteiger partial charge in [-0.2, -0.15) is 0 Å². The molecule has 1 nitrogen and oxygen atoms in total. The summed E-state index contributed by atoms with van der Waals surface area (Å²) < 4.78 is 0. The van der Waals surface area contributed by atoms with Gasteiger partial charge in [0.15, 0.2) is 0 Å². The Morgan fingerprint density at radius 3 is 2.31 bits per heavy atom.